The minimum absolute atomic E-state index is 0.639. The van der Waals surface area contributed by atoms with Crippen LogP contribution >= 0.6 is 0 Å². The fraction of sp³-hybridized carbons (Fsp3) is 0.600. The Morgan fingerprint density at radius 2 is 2.18 bits per heavy atom. The van der Waals surface area contributed by atoms with E-state index in [2.05, 4.69) is 32.4 Å². The molecule has 0 fully saturated rings. The zero-order valence-electron chi connectivity index (χ0n) is 10.2. The van der Waals surface area contributed by atoms with Gasteiger partial charge in [-0.05, 0) is 6.42 Å². The molecule has 2 heterocycles. The van der Waals surface area contributed by atoms with E-state index in [-0.39, 0.29) is 0 Å². The summed E-state index contributed by atoms with van der Waals surface area (Å²) in [4.78, 5) is 8.35. The van der Waals surface area contributed by atoms with Crippen molar-refractivity contribution in [3.05, 3.63) is 24.3 Å². The van der Waals surface area contributed by atoms with Crippen LogP contribution in [0.1, 0.15) is 25.0 Å². The fourth-order valence-electron chi connectivity index (χ4n) is 1.57. The monoisotopic (exact) mass is 235 g/mol. The highest BCUT2D eigenvalue weighted by atomic mass is 15.3. The van der Waals surface area contributed by atoms with E-state index >= 15 is 0 Å². The molecule has 0 aliphatic rings. The molecule has 0 aliphatic heterocycles. The second-order valence-corrected chi connectivity index (χ2v) is 3.84. The number of nitrogens with zero attached hydrogens (tertiary/aromatic N) is 6. The van der Waals surface area contributed by atoms with Gasteiger partial charge >= 0.3 is 0 Å². The smallest absolute Gasteiger partial charge is 0.164 e. The third-order valence-corrected chi connectivity index (χ3v) is 2.34. The third kappa shape index (κ3) is 3.10. The molecular weight excluding hydrogens is 218 g/mol. The van der Waals surface area contributed by atoms with Crippen LogP contribution in [0.5, 0.6) is 0 Å². The molecule has 7 heteroatoms. The summed E-state index contributed by atoms with van der Waals surface area (Å²) in [6.45, 7) is 4.34. The van der Waals surface area contributed by atoms with Crippen LogP contribution in [0.2, 0.25) is 0 Å². The first-order chi connectivity index (χ1) is 8.29. The minimum atomic E-state index is 0.639. The molecule has 0 unspecified atom stereocenters. The van der Waals surface area contributed by atoms with Crippen molar-refractivity contribution in [2.75, 3.05) is 0 Å². The van der Waals surface area contributed by atoms with Gasteiger partial charge in [0.2, 0.25) is 0 Å². The Hall–Kier alpha value is -1.76. The van der Waals surface area contributed by atoms with Crippen LogP contribution in [0, 0.1) is 0 Å². The number of aromatic nitrogens is 6. The molecule has 0 aliphatic carbocycles. The van der Waals surface area contributed by atoms with E-state index in [9.17, 15) is 0 Å². The summed E-state index contributed by atoms with van der Waals surface area (Å²) in [6, 6.07) is 0. The van der Waals surface area contributed by atoms with Crippen molar-refractivity contribution >= 4 is 0 Å². The molecule has 92 valence electrons. The Morgan fingerprint density at radius 1 is 1.29 bits per heavy atom. The summed E-state index contributed by atoms with van der Waals surface area (Å²) in [7, 11) is 1.86. The maximum Gasteiger partial charge on any atom is 0.164 e. The molecule has 1 N–H and O–H groups in total. The van der Waals surface area contributed by atoms with Crippen LogP contribution in [-0.2, 0) is 26.7 Å². The van der Waals surface area contributed by atoms with E-state index in [0.29, 0.717) is 13.1 Å². The average Bonchev–Trinajstić information content (AvgIpc) is 2.90. The van der Waals surface area contributed by atoms with Gasteiger partial charge in [-0.15, -0.1) is 0 Å². The Kier molecular flexibility index (Phi) is 3.81. The lowest BCUT2D eigenvalue weighted by molar-refractivity contribution is 0.537. The predicted octanol–water partition coefficient (Wildman–Crippen LogP) is 0.106. The Morgan fingerprint density at radius 3 is 2.88 bits per heavy atom. The van der Waals surface area contributed by atoms with Gasteiger partial charge < -0.3 is 5.32 Å². The summed E-state index contributed by atoms with van der Waals surface area (Å²) < 4.78 is 3.61. The Bertz CT molecular complexity index is 459. The maximum atomic E-state index is 4.21. The molecule has 0 radical (unpaired) electrons. The highest BCUT2D eigenvalue weighted by Crippen LogP contribution is 1.96. The Labute approximate surface area is 99.9 Å². The van der Waals surface area contributed by atoms with Gasteiger partial charge in [-0.25, -0.2) is 14.6 Å². The Balaban J connectivity index is 1.83. The summed E-state index contributed by atoms with van der Waals surface area (Å²) in [5.74, 6) is 1.73. The SMILES string of the molecule is CCCn1ncnc1CNCc1ncn(C)n1. The molecule has 2 rings (SSSR count). The van der Waals surface area contributed by atoms with Crippen LogP contribution < -0.4 is 5.32 Å². The number of rotatable bonds is 6. The van der Waals surface area contributed by atoms with E-state index in [1.807, 2.05) is 11.7 Å². The van der Waals surface area contributed by atoms with E-state index in [1.165, 1.54) is 0 Å². The summed E-state index contributed by atoms with van der Waals surface area (Å²) in [5.41, 5.74) is 0. The van der Waals surface area contributed by atoms with E-state index in [4.69, 9.17) is 0 Å². The molecule has 0 spiro atoms. The van der Waals surface area contributed by atoms with Crippen LogP contribution in [0.15, 0.2) is 12.7 Å². The molecule has 0 atom stereocenters. The number of nitrogens with one attached hydrogen (secondary N) is 1. The van der Waals surface area contributed by atoms with Gasteiger partial charge in [0.1, 0.15) is 18.5 Å². The van der Waals surface area contributed by atoms with Crippen molar-refractivity contribution in [1.82, 2.24) is 34.8 Å². The van der Waals surface area contributed by atoms with Crippen molar-refractivity contribution in [1.29, 1.82) is 0 Å². The van der Waals surface area contributed by atoms with Crippen molar-refractivity contribution < 1.29 is 0 Å². The second-order valence-electron chi connectivity index (χ2n) is 3.84. The lowest BCUT2D eigenvalue weighted by Crippen LogP contribution is -2.18. The van der Waals surface area contributed by atoms with Crippen LogP contribution in [0.4, 0.5) is 0 Å². The molecular formula is C10H17N7. The molecule has 0 aromatic carbocycles. The minimum Gasteiger partial charge on any atom is -0.303 e. The molecule has 7 nitrogen and oxygen atoms in total. The van der Waals surface area contributed by atoms with Crippen molar-refractivity contribution in [2.24, 2.45) is 7.05 Å². The molecule has 17 heavy (non-hydrogen) atoms. The number of aryl methyl sites for hydroxylation is 2. The largest absolute Gasteiger partial charge is 0.303 e. The predicted molar refractivity (Wildman–Crippen MR) is 61.9 cm³/mol. The second kappa shape index (κ2) is 5.53. The van der Waals surface area contributed by atoms with Gasteiger partial charge in [0, 0.05) is 13.6 Å². The van der Waals surface area contributed by atoms with E-state index in [1.54, 1.807) is 17.3 Å². The molecule has 0 amide bonds. The topological polar surface area (TPSA) is 73.5 Å². The first kappa shape index (κ1) is 11.7. The number of hydrogen-bond acceptors (Lipinski definition) is 5. The van der Waals surface area contributed by atoms with Crippen molar-refractivity contribution in [3.63, 3.8) is 0 Å². The molecule has 0 saturated heterocycles. The molecule has 2 aromatic rings. The highest BCUT2D eigenvalue weighted by molar-refractivity contribution is 4.86. The van der Waals surface area contributed by atoms with Crippen molar-refractivity contribution in [2.45, 2.75) is 33.0 Å². The van der Waals surface area contributed by atoms with Gasteiger partial charge in [-0.2, -0.15) is 10.2 Å². The van der Waals surface area contributed by atoms with Gasteiger partial charge in [0.15, 0.2) is 5.82 Å². The lowest BCUT2D eigenvalue weighted by atomic mass is 10.4. The molecule has 2 aromatic heterocycles. The lowest BCUT2D eigenvalue weighted by Gasteiger charge is -2.04. The summed E-state index contributed by atoms with van der Waals surface area (Å²) in [5, 5.41) is 11.6. The standard InChI is InChI=1S/C10H17N7/c1-3-4-17-10(12-7-14-17)6-11-5-9-13-8-16(2)15-9/h7-8,11H,3-6H2,1-2H3. The first-order valence-corrected chi connectivity index (χ1v) is 5.71. The molecule has 0 saturated carbocycles. The third-order valence-electron chi connectivity index (χ3n) is 2.34. The van der Waals surface area contributed by atoms with Crippen LogP contribution in [0.3, 0.4) is 0 Å². The van der Waals surface area contributed by atoms with Crippen molar-refractivity contribution in [3.8, 4) is 0 Å². The summed E-state index contributed by atoms with van der Waals surface area (Å²) >= 11 is 0. The number of hydrogen-bond donors (Lipinski definition) is 1. The maximum absolute atomic E-state index is 4.21. The van der Waals surface area contributed by atoms with Gasteiger partial charge in [-0.3, -0.25) is 4.68 Å². The zero-order chi connectivity index (χ0) is 12.1. The van der Waals surface area contributed by atoms with Crippen LogP contribution in [-0.4, -0.2) is 29.5 Å². The quantitative estimate of drug-likeness (QED) is 0.769. The van der Waals surface area contributed by atoms with Gasteiger partial charge in [0.05, 0.1) is 13.1 Å². The average molecular weight is 235 g/mol. The fourth-order valence-corrected chi connectivity index (χ4v) is 1.57. The molecule has 0 bridgehead atoms. The summed E-state index contributed by atoms with van der Waals surface area (Å²) in [6.07, 6.45) is 4.33. The van der Waals surface area contributed by atoms with E-state index in [0.717, 1.165) is 24.6 Å². The first-order valence-electron chi connectivity index (χ1n) is 5.71. The van der Waals surface area contributed by atoms with Crippen LogP contribution in [0.25, 0.3) is 0 Å². The van der Waals surface area contributed by atoms with E-state index < -0.39 is 0 Å². The highest BCUT2D eigenvalue weighted by Gasteiger charge is 2.03. The zero-order valence-corrected chi connectivity index (χ0v) is 10.2. The van der Waals surface area contributed by atoms with Gasteiger partial charge in [0.25, 0.3) is 0 Å². The van der Waals surface area contributed by atoms with Gasteiger partial charge in [-0.1, -0.05) is 6.92 Å². The normalized spacial score (nSPS) is 10.9.